The fraction of sp³-hybridized carbons (Fsp3) is 0.533. The molecule has 2 aliphatic heterocycles. The van der Waals surface area contributed by atoms with Crippen LogP contribution in [0.2, 0.25) is 0 Å². The third-order valence-corrected chi connectivity index (χ3v) is 4.27. The molecule has 0 aromatic heterocycles. The average molecular weight is 244 g/mol. The van der Waals surface area contributed by atoms with Crippen LogP contribution in [-0.2, 0) is 11.3 Å². The van der Waals surface area contributed by atoms with Gasteiger partial charge < -0.3 is 5.32 Å². The Balaban J connectivity index is 1.66. The van der Waals surface area contributed by atoms with Crippen molar-refractivity contribution in [2.24, 2.45) is 5.41 Å². The predicted octanol–water partition coefficient (Wildman–Crippen LogP) is 1.44. The van der Waals surface area contributed by atoms with Crippen LogP contribution in [0.5, 0.6) is 0 Å². The number of likely N-dealkylation sites (tertiary alicyclic amines) is 1. The van der Waals surface area contributed by atoms with E-state index >= 15 is 0 Å². The highest BCUT2D eigenvalue weighted by atomic mass is 16.1. The van der Waals surface area contributed by atoms with E-state index in [1.165, 1.54) is 5.56 Å². The zero-order chi connectivity index (χ0) is 12.4. The monoisotopic (exact) mass is 244 g/mol. The molecule has 1 atom stereocenters. The zero-order valence-electron chi connectivity index (χ0n) is 10.7. The number of hydrogen-bond donors (Lipinski definition) is 1. The summed E-state index contributed by atoms with van der Waals surface area (Å²) in [6.45, 7) is 4.67. The molecule has 96 valence electrons. The molecule has 1 aromatic carbocycles. The smallest absolute Gasteiger partial charge is 0.142 e. The Morgan fingerprint density at radius 3 is 2.89 bits per heavy atom. The van der Waals surface area contributed by atoms with Crippen LogP contribution in [-0.4, -0.2) is 36.9 Å². The van der Waals surface area contributed by atoms with Crippen molar-refractivity contribution in [3.05, 3.63) is 35.9 Å². The normalized spacial score (nSPS) is 29.0. The van der Waals surface area contributed by atoms with Gasteiger partial charge in [-0.25, -0.2) is 0 Å². The average Bonchev–Trinajstić information content (AvgIpc) is 2.79. The second-order valence-electron chi connectivity index (χ2n) is 5.58. The summed E-state index contributed by atoms with van der Waals surface area (Å²) in [4.78, 5) is 14.6. The topological polar surface area (TPSA) is 32.3 Å². The van der Waals surface area contributed by atoms with Gasteiger partial charge in [0.25, 0.3) is 0 Å². The number of nitrogens with one attached hydrogen (secondary N) is 1. The van der Waals surface area contributed by atoms with Crippen molar-refractivity contribution in [3.63, 3.8) is 0 Å². The number of hydrogen-bond acceptors (Lipinski definition) is 3. The van der Waals surface area contributed by atoms with Crippen LogP contribution in [0.1, 0.15) is 18.4 Å². The van der Waals surface area contributed by atoms with Crippen molar-refractivity contribution in [1.82, 2.24) is 10.2 Å². The van der Waals surface area contributed by atoms with Gasteiger partial charge in [-0.05, 0) is 18.5 Å². The minimum atomic E-state index is -0.0902. The second-order valence-corrected chi connectivity index (χ2v) is 5.58. The molecule has 1 aromatic rings. The molecule has 1 unspecified atom stereocenters. The molecule has 0 saturated carbocycles. The van der Waals surface area contributed by atoms with E-state index in [4.69, 9.17) is 0 Å². The van der Waals surface area contributed by atoms with Crippen molar-refractivity contribution >= 4 is 5.78 Å². The molecule has 0 bridgehead atoms. The highest BCUT2D eigenvalue weighted by Gasteiger charge is 2.44. The number of rotatable bonds is 2. The highest BCUT2D eigenvalue weighted by Crippen LogP contribution is 2.34. The van der Waals surface area contributed by atoms with E-state index in [9.17, 15) is 4.79 Å². The Hall–Kier alpha value is -1.19. The summed E-state index contributed by atoms with van der Waals surface area (Å²) in [6, 6.07) is 10.5. The molecular formula is C15H20N2O. The Morgan fingerprint density at radius 2 is 2.11 bits per heavy atom. The van der Waals surface area contributed by atoms with Crippen LogP contribution in [0.3, 0.4) is 0 Å². The van der Waals surface area contributed by atoms with Crippen LogP contribution < -0.4 is 5.32 Å². The maximum absolute atomic E-state index is 12.1. The van der Waals surface area contributed by atoms with Crippen molar-refractivity contribution in [2.75, 3.05) is 26.2 Å². The first-order valence-electron chi connectivity index (χ1n) is 6.79. The minimum Gasteiger partial charge on any atom is -0.315 e. The third kappa shape index (κ3) is 2.20. The van der Waals surface area contributed by atoms with Crippen LogP contribution in [0.15, 0.2) is 30.3 Å². The molecule has 0 aliphatic carbocycles. The van der Waals surface area contributed by atoms with Crippen LogP contribution >= 0.6 is 0 Å². The van der Waals surface area contributed by atoms with Gasteiger partial charge in [0.1, 0.15) is 5.78 Å². The lowest BCUT2D eigenvalue weighted by Gasteiger charge is -2.32. The second kappa shape index (κ2) is 4.82. The van der Waals surface area contributed by atoms with E-state index in [0.29, 0.717) is 12.2 Å². The molecular weight excluding hydrogens is 224 g/mol. The van der Waals surface area contributed by atoms with Gasteiger partial charge in [0.15, 0.2) is 0 Å². The van der Waals surface area contributed by atoms with Crippen molar-refractivity contribution in [3.8, 4) is 0 Å². The molecule has 2 aliphatic rings. The predicted molar refractivity (Wildman–Crippen MR) is 71.3 cm³/mol. The number of nitrogens with zero attached hydrogens (tertiary/aromatic N) is 1. The molecule has 0 amide bonds. The van der Waals surface area contributed by atoms with Gasteiger partial charge in [0.2, 0.25) is 0 Å². The van der Waals surface area contributed by atoms with Gasteiger partial charge in [-0.1, -0.05) is 30.3 Å². The molecule has 1 N–H and O–H groups in total. The lowest BCUT2D eigenvalue weighted by molar-refractivity contribution is -0.129. The quantitative estimate of drug-likeness (QED) is 0.854. The number of benzene rings is 1. The lowest BCUT2D eigenvalue weighted by atomic mass is 9.79. The lowest BCUT2D eigenvalue weighted by Crippen LogP contribution is -2.48. The molecule has 3 heteroatoms. The third-order valence-electron chi connectivity index (χ3n) is 4.27. The molecule has 3 rings (SSSR count). The summed E-state index contributed by atoms with van der Waals surface area (Å²) in [5.41, 5.74) is 1.25. The maximum Gasteiger partial charge on any atom is 0.142 e. The Morgan fingerprint density at radius 1 is 1.28 bits per heavy atom. The SMILES string of the molecule is O=C1CCNCC12CCN(Cc1ccccc1)C2. The zero-order valence-corrected chi connectivity index (χ0v) is 10.7. The van der Waals surface area contributed by atoms with Crippen molar-refractivity contribution in [1.29, 1.82) is 0 Å². The van der Waals surface area contributed by atoms with E-state index in [1.54, 1.807) is 0 Å². The Labute approximate surface area is 108 Å². The largest absolute Gasteiger partial charge is 0.315 e. The summed E-state index contributed by atoms with van der Waals surface area (Å²) in [6.07, 6.45) is 1.73. The van der Waals surface area contributed by atoms with E-state index in [2.05, 4.69) is 34.5 Å². The first-order valence-corrected chi connectivity index (χ1v) is 6.79. The van der Waals surface area contributed by atoms with E-state index in [-0.39, 0.29) is 5.41 Å². The minimum absolute atomic E-state index is 0.0902. The fourth-order valence-corrected chi connectivity index (χ4v) is 3.20. The number of Topliss-reactive ketones (excluding diaryl/α,β-unsaturated/α-hetero) is 1. The van der Waals surface area contributed by atoms with E-state index < -0.39 is 0 Å². The summed E-state index contributed by atoms with van der Waals surface area (Å²) < 4.78 is 0. The highest BCUT2D eigenvalue weighted by molar-refractivity contribution is 5.86. The van der Waals surface area contributed by atoms with E-state index in [0.717, 1.165) is 39.1 Å². The summed E-state index contributed by atoms with van der Waals surface area (Å²) in [7, 11) is 0. The standard InChI is InChI=1S/C15H20N2O/c18-14-6-8-16-11-15(14)7-9-17(12-15)10-13-4-2-1-3-5-13/h1-5,16H,6-12H2. The van der Waals surface area contributed by atoms with Crippen molar-refractivity contribution < 1.29 is 4.79 Å². The maximum atomic E-state index is 12.1. The number of carbonyl (C=O) groups is 1. The molecule has 2 heterocycles. The van der Waals surface area contributed by atoms with Crippen LogP contribution in [0, 0.1) is 5.41 Å². The molecule has 2 saturated heterocycles. The molecule has 3 nitrogen and oxygen atoms in total. The van der Waals surface area contributed by atoms with Gasteiger partial charge in [0, 0.05) is 32.6 Å². The first-order chi connectivity index (χ1) is 8.78. The molecule has 2 fully saturated rings. The van der Waals surface area contributed by atoms with Gasteiger partial charge in [0.05, 0.1) is 5.41 Å². The van der Waals surface area contributed by atoms with Gasteiger partial charge >= 0.3 is 0 Å². The number of carbonyl (C=O) groups excluding carboxylic acids is 1. The van der Waals surface area contributed by atoms with Gasteiger partial charge in [-0.2, -0.15) is 0 Å². The fourth-order valence-electron chi connectivity index (χ4n) is 3.20. The molecule has 0 radical (unpaired) electrons. The summed E-state index contributed by atoms with van der Waals surface area (Å²) in [5.74, 6) is 0.469. The summed E-state index contributed by atoms with van der Waals surface area (Å²) >= 11 is 0. The van der Waals surface area contributed by atoms with Gasteiger partial charge in [-0.15, -0.1) is 0 Å². The number of piperidine rings is 1. The first kappa shape index (κ1) is 11.9. The molecule has 18 heavy (non-hydrogen) atoms. The Kier molecular flexibility index (Phi) is 3.18. The molecule has 1 spiro atoms. The van der Waals surface area contributed by atoms with Crippen LogP contribution in [0.25, 0.3) is 0 Å². The van der Waals surface area contributed by atoms with E-state index in [1.807, 2.05) is 6.07 Å². The van der Waals surface area contributed by atoms with Crippen molar-refractivity contribution in [2.45, 2.75) is 19.4 Å². The number of ketones is 1. The van der Waals surface area contributed by atoms with Crippen LogP contribution in [0.4, 0.5) is 0 Å². The van der Waals surface area contributed by atoms with Gasteiger partial charge in [-0.3, -0.25) is 9.69 Å². The summed E-state index contributed by atoms with van der Waals surface area (Å²) in [5, 5.41) is 3.38. The Bertz CT molecular complexity index is 431.